The minimum absolute atomic E-state index is 0.0218. The number of nitrogens with zero attached hydrogens (tertiary/aromatic N) is 1. The van der Waals surface area contributed by atoms with Crippen molar-refractivity contribution in [3.05, 3.63) is 11.1 Å². The summed E-state index contributed by atoms with van der Waals surface area (Å²) in [5.41, 5.74) is -0.993. The first kappa shape index (κ1) is 11.4. The molecule has 0 aromatic carbocycles. The predicted molar refractivity (Wildman–Crippen MR) is 49.5 cm³/mol. The molecule has 1 aromatic heterocycles. The van der Waals surface area contributed by atoms with Gasteiger partial charge in [0.2, 0.25) is 5.91 Å². The smallest absolute Gasteiger partial charge is 0.301 e. The van der Waals surface area contributed by atoms with E-state index in [4.69, 9.17) is 0 Å². The number of nitrogens with one attached hydrogen (secondary N) is 1. The second-order valence-electron chi connectivity index (χ2n) is 2.22. The van der Waals surface area contributed by atoms with Crippen molar-refractivity contribution in [1.29, 1.82) is 0 Å². The monoisotopic (exact) mass is 288 g/mol. The largest absolute Gasteiger partial charge is 0.434 e. The molecule has 1 heterocycles. The molecule has 14 heavy (non-hydrogen) atoms. The summed E-state index contributed by atoms with van der Waals surface area (Å²) in [6.45, 7) is 0. The van der Waals surface area contributed by atoms with E-state index in [0.717, 1.165) is 16.7 Å². The number of anilines is 1. The minimum Gasteiger partial charge on any atom is -0.301 e. The first-order chi connectivity index (χ1) is 6.43. The summed E-state index contributed by atoms with van der Waals surface area (Å²) in [6, 6.07) is 0. The van der Waals surface area contributed by atoms with E-state index in [1.165, 1.54) is 0 Å². The van der Waals surface area contributed by atoms with Crippen molar-refractivity contribution in [3.63, 3.8) is 0 Å². The number of carbonyl (C=O) groups is 1. The number of thiazole rings is 1. The van der Waals surface area contributed by atoms with Crippen molar-refractivity contribution in [2.45, 2.75) is 6.18 Å². The molecule has 0 unspecified atom stereocenters. The quantitative estimate of drug-likeness (QED) is 0.850. The van der Waals surface area contributed by atoms with Gasteiger partial charge < -0.3 is 5.32 Å². The molecular formula is C6H4BrF3N2OS. The lowest BCUT2D eigenvalue weighted by Crippen LogP contribution is -2.12. The molecule has 0 aliphatic heterocycles. The number of carbonyl (C=O) groups excluding carboxylic acids is 1. The van der Waals surface area contributed by atoms with Gasteiger partial charge in [-0.15, -0.1) is 11.3 Å². The van der Waals surface area contributed by atoms with Crippen LogP contribution < -0.4 is 5.32 Å². The Hall–Kier alpha value is -0.630. The highest BCUT2D eigenvalue weighted by Crippen LogP contribution is 2.31. The molecule has 0 saturated heterocycles. The van der Waals surface area contributed by atoms with Crippen LogP contribution >= 0.6 is 27.3 Å². The summed E-state index contributed by atoms with van der Waals surface area (Å²) >= 11 is 3.60. The predicted octanol–water partition coefficient (Wildman–Crippen LogP) is 2.50. The standard InChI is InChI=1S/C6H4BrF3N2OS/c7-1-4(13)12-5-11-3(2-14-5)6(8,9)10/h2H,1H2,(H,11,12,13). The second-order valence-corrected chi connectivity index (χ2v) is 3.64. The molecule has 78 valence electrons. The third-order valence-corrected chi connectivity index (χ3v) is 2.43. The molecule has 0 atom stereocenters. The topological polar surface area (TPSA) is 42.0 Å². The molecule has 0 aliphatic rings. The fraction of sp³-hybridized carbons (Fsp3) is 0.333. The van der Waals surface area contributed by atoms with Gasteiger partial charge in [-0.3, -0.25) is 4.79 Å². The van der Waals surface area contributed by atoms with Crippen LogP contribution in [0, 0.1) is 0 Å². The van der Waals surface area contributed by atoms with Crippen molar-refractivity contribution in [3.8, 4) is 0 Å². The average Bonchev–Trinajstić information content (AvgIpc) is 2.51. The fourth-order valence-corrected chi connectivity index (χ4v) is 1.49. The van der Waals surface area contributed by atoms with Crippen LogP contribution in [-0.4, -0.2) is 16.2 Å². The highest BCUT2D eigenvalue weighted by atomic mass is 79.9. The Morgan fingerprint density at radius 3 is 2.71 bits per heavy atom. The van der Waals surface area contributed by atoms with Crippen molar-refractivity contribution in [1.82, 2.24) is 4.98 Å². The average molecular weight is 289 g/mol. The zero-order valence-corrected chi connectivity index (χ0v) is 8.96. The summed E-state index contributed by atoms with van der Waals surface area (Å²) in [5, 5.41) is 3.02. The number of halogens is 4. The van der Waals surface area contributed by atoms with Crippen molar-refractivity contribution >= 4 is 38.3 Å². The van der Waals surface area contributed by atoms with Gasteiger partial charge in [0.15, 0.2) is 10.8 Å². The number of amides is 1. The summed E-state index contributed by atoms with van der Waals surface area (Å²) in [7, 11) is 0. The maximum Gasteiger partial charge on any atom is 0.434 e. The normalized spacial score (nSPS) is 11.4. The van der Waals surface area contributed by atoms with E-state index in [1.807, 2.05) is 0 Å². The van der Waals surface area contributed by atoms with E-state index in [-0.39, 0.29) is 10.5 Å². The summed E-state index contributed by atoms with van der Waals surface area (Å²) in [6.07, 6.45) is -4.46. The van der Waals surface area contributed by atoms with Crippen LogP contribution in [-0.2, 0) is 11.0 Å². The molecule has 0 bridgehead atoms. The Morgan fingerprint density at radius 2 is 2.29 bits per heavy atom. The van der Waals surface area contributed by atoms with Gasteiger partial charge in [0.05, 0.1) is 5.33 Å². The Balaban J connectivity index is 2.74. The number of hydrogen-bond donors (Lipinski definition) is 1. The second kappa shape index (κ2) is 4.26. The van der Waals surface area contributed by atoms with Gasteiger partial charge in [0.25, 0.3) is 0 Å². The van der Waals surface area contributed by atoms with E-state index in [1.54, 1.807) is 0 Å². The van der Waals surface area contributed by atoms with E-state index in [9.17, 15) is 18.0 Å². The lowest BCUT2D eigenvalue weighted by Gasteiger charge is -2.00. The zero-order valence-electron chi connectivity index (χ0n) is 6.56. The van der Waals surface area contributed by atoms with Crippen LogP contribution in [0.4, 0.5) is 18.3 Å². The Kier molecular flexibility index (Phi) is 3.48. The molecule has 0 radical (unpaired) electrons. The van der Waals surface area contributed by atoms with Gasteiger partial charge in [-0.1, -0.05) is 15.9 Å². The molecule has 8 heteroatoms. The van der Waals surface area contributed by atoms with E-state index in [2.05, 4.69) is 26.2 Å². The maximum absolute atomic E-state index is 12.0. The summed E-state index contributed by atoms with van der Waals surface area (Å²) in [4.78, 5) is 14.0. The molecule has 0 spiro atoms. The lowest BCUT2D eigenvalue weighted by atomic mass is 10.5. The van der Waals surface area contributed by atoms with Gasteiger partial charge in [0.1, 0.15) is 0 Å². The summed E-state index contributed by atoms with van der Waals surface area (Å²) < 4.78 is 36.1. The molecule has 3 nitrogen and oxygen atoms in total. The van der Waals surface area contributed by atoms with Crippen LogP contribution in [0.15, 0.2) is 5.38 Å². The van der Waals surface area contributed by atoms with Crippen LogP contribution in [0.3, 0.4) is 0 Å². The number of hydrogen-bond acceptors (Lipinski definition) is 3. The summed E-state index contributed by atoms with van der Waals surface area (Å²) in [5.74, 6) is -0.437. The molecule has 0 aliphatic carbocycles. The zero-order chi connectivity index (χ0) is 10.8. The van der Waals surface area contributed by atoms with E-state index < -0.39 is 17.8 Å². The van der Waals surface area contributed by atoms with Crippen LogP contribution in [0.5, 0.6) is 0 Å². The van der Waals surface area contributed by atoms with Gasteiger partial charge in [-0.2, -0.15) is 13.2 Å². The highest BCUT2D eigenvalue weighted by Gasteiger charge is 2.33. The van der Waals surface area contributed by atoms with Crippen LogP contribution in [0.1, 0.15) is 5.69 Å². The van der Waals surface area contributed by atoms with E-state index >= 15 is 0 Å². The van der Waals surface area contributed by atoms with Crippen LogP contribution in [0.2, 0.25) is 0 Å². The fourth-order valence-electron chi connectivity index (χ4n) is 0.614. The van der Waals surface area contributed by atoms with Crippen molar-refractivity contribution in [2.24, 2.45) is 0 Å². The third-order valence-electron chi connectivity index (χ3n) is 1.16. The van der Waals surface area contributed by atoms with Gasteiger partial charge in [-0.25, -0.2) is 4.98 Å². The SMILES string of the molecule is O=C(CBr)Nc1nc(C(F)(F)F)cs1. The third kappa shape index (κ3) is 2.95. The molecule has 1 N–H and O–H groups in total. The van der Waals surface area contributed by atoms with Gasteiger partial charge in [-0.05, 0) is 0 Å². The first-order valence-corrected chi connectivity index (χ1v) is 5.32. The van der Waals surface area contributed by atoms with Gasteiger partial charge in [0, 0.05) is 5.38 Å². The molecule has 1 amide bonds. The van der Waals surface area contributed by atoms with Crippen LogP contribution in [0.25, 0.3) is 0 Å². The van der Waals surface area contributed by atoms with Crippen molar-refractivity contribution in [2.75, 3.05) is 10.6 Å². The van der Waals surface area contributed by atoms with E-state index in [0.29, 0.717) is 0 Å². The number of rotatable bonds is 2. The molecule has 1 rings (SSSR count). The molecule has 0 saturated carbocycles. The Bertz CT molecular complexity index is 338. The molecule has 0 fully saturated rings. The minimum atomic E-state index is -4.46. The Labute approximate surface area is 89.5 Å². The first-order valence-electron chi connectivity index (χ1n) is 3.32. The number of aromatic nitrogens is 1. The Morgan fingerprint density at radius 1 is 1.64 bits per heavy atom. The molecular weight excluding hydrogens is 285 g/mol. The molecule has 1 aromatic rings. The lowest BCUT2D eigenvalue weighted by molar-refractivity contribution is -0.140. The maximum atomic E-state index is 12.0. The highest BCUT2D eigenvalue weighted by molar-refractivity contribution is 9.09. The number of alkyl halides is 4. The van der Waals surface area contributed by atoms with Gasteiger partial charge >= 0.3 is 6.18 Å². The van der Waals surface area contributed by atoms with Crippen molar-refractivity contribution < 1.29 is 18.0 Å².